The number of esters is 3. The molecule has 0 spiro atoms. The van der Waals surface area contributed by atoms with Crippen LogP contribution in [0.1, 0.15) is 98.8 Å². The first-order valence-corrected chi connectivity index (χ1v) is 11.4. The highest BCUT2D eigenvalue weighted by Crippen LogP contribution is 2.17. The van der Waals surface area contributed by atoms with E-state index in [1.54, 1.807) is 6.92 Å². The minimum Gasteiger partial charge on any atom is -0.461 e. The molecule has 6 nitrogen and oxygen atoms in total. The maximum absolute atomic E-state index is 12.4. The normalized spacial score (nSPS) is 14.0. The van der Waals surface area contributed by atoms with Crippen molar-refractivity contribution in [1.82, 2.24) is 0 Å². The highest BCUT2D eigenvalue weighted by Gasteiger charge is 2.23. The van der Waals surface area contributed by atoms with E-state index in [2.05, 4.69) is 6.92 Å². The maximum Gasteiger partial charge on any atom is 0.309 e. The van der Waals surface area contributed by atoms with Gasteiger partial charge >= 0.3 is 17.9 Å². The monoisotopic (exact) mass is 414 g/mol. The molecule has 0 aliphatic rings. The van der Waals surface area contributed by atoms with Crippen molar-refractivity contribution < 1.29 is 28.6 Å². The van der Waals surface area contributed by atoms with Crippen LogP contribution < -0.4 is 0 Å². The molecule has 0 amide bonds. The highest BCUT2D eigenvalue weighted by molar-refractivity contribution is 5.73. The first-order valence-electron chi connectivity index (χ1n) is 11.4. The molecule has 0 fully saturated rings. The Morgan fingerprint density at radius 3 is 1.93 bits per heavy atom. The van der Waals surface area contributed by atoms with Gasteiger partial charge in [-0.2, -0.15) is 0 Å². The zero-order chi connectivity index (χ0) is 22.1. The quantitative estimate of drug-likeness (QED) is 0.184. The lowest BCUT2D eigenvalue weighted by atomic mass is 9.98. The van der Waals surface area contributed by atoms with Crippen LogP contribution >= 0.6 is 0 Å². The molecule has 0 radical (unpaired) electrons. The molecule has 0 rings (SSSR count). The first-order chi connectivity index (χ1) is 13.9. The van der Waals surface area contributed by atoms with Gasteiger partial charge in [0.15, 0.2) is 6.10 Å². The van der Waals surface area contributed by atoms with Gasteiger partial charge < -0.3 is 14.2 Å². The van der Waals surface area contributed by atoms with E-state index in [0.29, 0.717) is 12.8 Å². The third-order valence-electron chi connectivity index (χ3n) is 5.07. The Bertz CT molecular complexity index is 462. The number of hydrogen-bond acceptors (Lipinski definition) is 6. The summed E-state index contributed by atoms with van der Waals surface area (Å²) in [4.78, 5) is 36.2. The molecular weight excluding hydrogens is 372 g/mol. The second-order valence-electron chi connectivity index (χ2n) is 7.74. The number of unbranched alkanes of at least 4 members (excludes halogenated alkanes) is 4. The lowest BCUT2D eigenvalue weighted by Gasteiger charge is -2.20. The number of hydrogen-bond donors (Lipinski definition) is 0. The number of carbonyl (C=O) groups is 3. The third-order valence-corrected chi connectivity index (χ3v) is 5.07. The van der Waals surface area contributed by atoms with Crippen molar-refractivity contribution in [3.05, 3.63) is 0 Å². The van der Waals surface area contributed by atoms with Gasteiger partial charge in [-0.25, -0.2) is 0 Å². The van der Waals surface area contributed by atoms with E-state index in [9.17, 15) is 14.4 Å². The van der Waals surface area contributed by atoms with Gasteiger partial charge in [0.1, 0.15) is 13.2 Å². The average molecular weight is 415 g/mol. The molecule has 0 aromatic heterocycles. The number of carbonyl (C=O) groups excluding carboxylic acids is 3. The van der Waals surface area contributed by atoms with Crippen LogP contribution in [0.2, 0.25) is 0 Å². The molecular formula is C23H42O6. The molecule has 170 valence electrons. The van der Waals surface area contributed by atoms with Crippen LogP contribution in [0.15, 0.2) is 0 Å². The Morgan fingerprint density at radius 2 is 1.38 bits per heavy atom. The summed E-state index contributed by atoms with van der Waals surface area (Å²) in [7, 11) is 0. The smallest absolute Gasteiger partial charge is 0.309 e. The van der Waals surface area contributed by atoms with Gasteiger partial charge in [0.25, 0.3) is 0 Å². The third kappa shape index (κ3) is 13.3. The van der Waals surface area contributed by atoms with Gasteiger partial charge in [0.05, 0.1) is 11.8 Å². The highest BCUT2D eigenvalue weighted by atomic mass is 16.6. The van der Waals surface area contributed by atoms with E-state index in [0.717, 1.165) is 25.7 Å². The van der Waals surface area contributed by atoms with Crippen molar-refractivity contribution in [3.63, 3.8) is 0 Å². The lowest BCUT2D eigenvalue weighted by Crippen LogP contribution is -2.32. The van der Waals surface area contributed by atoms with Crippen LogP contribution in [-0.2, 0) is 28.6 Å². The molecule has 3 unspecified atom stereocenters. The van der Waals surface area contributed by atoms with E-state index >= 15 is 0 Å². The predicted molar refractivity (Wildman–Crippen MR) is 113 cm³/mol. The van der Waals surface area contributed by atoms with Crippen molar-refractivity contribution in [2.45, 2.75) is 105 Å². The maximum atomic E-state index is 12.4. The summed E-state index contributed by atoms with van der Waals surface area (Å²) >= 11 is 0. The zero-order valence-electron chi connectivity index (χ0n) is 19.2. The summed E-state index contributed by atoms with van der Waals surface area (Å²) in [6, 6.07) is 0. The van der Waals surface area contributed by atoms with Crippen LogP contribution in [0.25, 0.3) is 0 Å². The minimum absolute atomic E-state index is 0.0889. The molecule has 0 saturated carbocycles. The van der Waals surface area contributed by atoms with Gasteiger partial charge in [0.2, 0.25) is 0 Å². The Labute approximate surface area is 177 Å². The van der Waals surface area contributed by atoms with Crippen molar-refractivity contribution in [3.8, 4) is 0 Å². The Morgan fingerprint density at radius 1 is 0.759 bits per heavy atom. The van der Waals surface area contributed by atoms with E-state index in [1.807, 2.05) is 20.8 Å². The molecule has 0 aromatic rings. The van der Waals surface area contributed by atoms with Crippen LogP contribution in [0.5, 0.6) is 0 Å². The van der Waals surface area contributed by atoms with Gasteiger partial charge in [0, 0.05) is 6.42 Å². The molecule has 0 aromatic carbocycles. The van der Waals surface area contributed by atoms with Crippen molar-refractivity contribution in [1.29, 1.82) is 0 Å². The second kappa shape index (κ2) is 17.3. The van der Waals surface area contributed by atoms with E-state index in [4.69, 9.17) is 14.2 Å². The summed E-state index contributed by atoms with van der Waals surface area (Å²) in [5.41, 5.74) is 0. The lowest BCUT2D eigenvalue weighted by molar-refractivity contribution is -0.169. The zero-order valence-corrected chi connectivity index (χ0v) is 19.2. The SMILES string of the molecule is CCCCCCCC(CC)C(=O)OCC(COC(=O)C(C)CC)OC(=O)CCC. The van der Waals surface area contributed by atoms with Gasteiger partial charge in [-0.05, 0) is 25.7 Å². The van der Waals surface area contributed by atoms with Crippen LogP contribution in [0.4, 0.5) is 0 Å². The fraction of sp³-hybridized carbons (Fsp3) is 0.870. The van der Waals surface area contributed by atoms with Gasteiger partial charge in [-0.1, -0.05) is 66.7 Å². The molecule has 0 saturated heterocycles. The summed E-state index contributed by atoms with van der Waals surface area (Å²) in [5.74, 6) is -1.36. The average Bonchev–Trinajstić information content (AvgIpc) is 2.71. The minimum atomic E-state index is -0.770. The van der Waals surface area contributed by atoms with E-state index in [1.165, 1.54) is 19.3 Å². The molecule has 29 heavy (non-hydrogen) atoms. The van der Waals surface area contributed by atoms with Crippen molar-refractivity contribution in [2.24, 2.45) is 11.8 Å². The largest absolute Gasteiger partial charge is 0.461 e. The van der Waals surface area contributed by atoms with Crippen LogP contribution in [0.3, 0.4) is 0 Å². The van der Waals surface area contributed by atoms with Crippen LogP contribution in [-0.4, -0.2) is 37.2 Å². The molecule has 0 N–H and O–H groups in total. The Kier molecular flexibility index (Phi) is 16.3. The fourth-order valence-electron chi connectivity index (χ4n) is 2.82. The standard InChI is InChI=1S/C23H42O6/c1-6-10-11-12-13-15-19(9-4)23(26)28-17-20(29-21(24)14-7-2)16-27-22(25)18(5)8-3/h18-20H,6-17H2,1-5H3. The molecule has 6 heteroatoms. The molecule has 3 atom stereocenters. The Balaban J connectivity index is 4.59. The molecule has 0 heterocycles. The number of ether oxygens (including phenoxy) is 3. The van der Waals surface area contributed by atoms with E-state index in [-0.39, 0.29) is 49.4 Å². The summed E-state index contributed by atoms with van der Waals surface area (Å²) in [5, 5.41) is 0. The predicted octanol–water partition coefficient (Wildman–Crippen LogP) is 5.22. The van der Waals surface area contributed by atoms with Gasteiger partial charge in [-0.15, -0.1) is 0 Å². The molecule has 0 aliphatic heterocycles. The van der Waals surface area contributed by atoms with E-state index < -0.39 is 6.10 Å². The summed E-state index contributed by atoms with van der Waals surface area (Å²) in [6.07, 6.45) is 8.11. The topological polar surface area (TPSA) is 78.9 Å². The molecule has 0 aliphatic carbocycles. The van der Waals surface area contributed by atoms with Gasteiger partial charge in [-0.3, -0.25) is 14.4 Å². The fourth-order valence-corrected chi connectivity index (χ4v) is 2.82. The van der Waals surface area contributed by atoms with Crippen molar-refractivity contribution >= 4 is 17.9 Å². The summed E-state index contributed by atoms with van der Waals surface area (Å²) < 4.78 is 16.0. The Hall–Kier alpha value is -1.59. The molecule has 0 bridgehead atoms. The number of rotatable bonds is 17. The summed E-state index contributed by atoms with van der Waals surface area (Å²) in [6.45, 7) is 9.53. The first kappa shape index (κ1) is 27.4. The van der Waals surface area contributed by atoms with Crippen molar-refractivity contribution in [2.75, 3.05) is 13.2 Å². The van der Waals surface area contributed by atoms with Crippen LogP contribution in [0, 0.1) is 11.8 Å². The second-order valence-corrected chi connectivity index (χ2v) is 7.74.